The lowest BCUT2D eigenvalue weighted by atomic mass is 9.96. The van der Waals surface area contributed by atoms with E-state index in [0.29, 0.717) is 25.9 Å². The zero-order valence-electron chi connectivity index (χ0n) is 13.8. The monoisotopic (exact) mass is 331 g/mol. The molecule has 3 N–H and O–H groups in total. The molecule has 0 spiro atoms. The van der Waals surface area contributed by atoms with Crippen molar-refractivity contribution >= 4 is 17.8 Å². The molecular weight excluding hydrogens is 310 g/mol. The Morgan fingerprint density at radius 1 is 1.38 bits per heavy atom. The molecule has 1 aromatic rings. The van der Waals surface area contributed by atoms with Crippen molar-refractivity contribution in [3.8, 4) is 6.07 Å². The minimum Gasteiger partial charge on any atom is -0.318 e. The number of anilines is 1. The molecule has 2 heterocycles. The van der Waals surface area contributed by atoms with E-state index in [4.69, 9.17) is 11.0 Å². The number of nitriles is 1. The smallest absolute Gasteiger partial charge is 0.318 e. The molecule has 1 atom stereocenters. The summed E-state index contributed by atoms with van der Waals surface area (Å²) in [5, 5.41) is 14.0. The Balaban J connectivity index is 2.07. The fourth-order valence-electron chi connectivity index (χ4n) is 2.58. The van der Waals surface area contributed by atoms with Crippen LogP contribution in [-0.2, 0) is 4.79 Å². The number of hydrogen-bond acceptors (Lipinski definition) is 6. The van der Waals surface area contributed by atoms with Crippen molar-refractivity contribution in [2.24, 2.45) is 5.73 Å². The molecule has 128 valence electrons. The van der Waals surface area contributed by atoms with Crippen molar-refractivity contribution in [2.75, 3.05) is 18.4 Å². The summed E-state index contributed by atoms with van der Waals surface area (Å²) in [7, 11) is 0. The number of nitrogens with one attached hydrogen (secondary N) is 1. The summed E-state index contributed by atoms with van der Waals surface area (Å²) < 4.78 is 0. The van der Waals surface area contributed by atoms with E-state index in [2.05, 4.69) is 15.3 Å². The number of nitrogens with zero attached hydrogens (tertiary/aromatic N) is 5. The van der Waals surface area contributed by atoms with Crippen LogP contribution in [0.2, 0.25) is 0 Å². The average Bonchev–Trinajstić information content (AvgIpc) is 3.04. The fraction of sp³-hybridized carbons (Fsp3) is 0.533. The molecule has 0 bridgehead atoms. The van der Waals surface area contributed by atoms with E-state index >= 15 is 0 Å². The van der Waals surface area contributed by atoms with Gasteiger partial charge in [-0.15, -0.1) is 0 Å². The second-order valence-corrected chi connectivity index (χ2v) is 5.90. The van der Waals surface area contributed by atoms with Gasteiger partial charge in [0.2, 0.25) is 0 Å². The first-order valence-corrected chi connectivity index (χ1v) is 7.80. The van der Waals surface area contributed by atoms with E-state index in [9.17, 15) is 9.59 Å². The van der Waals surface area contributed by atoms with E-state index in [1.165, 1.54) is 22.4 Å². The highest BCUT2D eigenvalue weighted by atomic mass is 16.2. The summed E-state index contributed by atoms with van der Waals surface area (Å²) in [5.41, 5.74) is 5.24. The molecule has 1 fully saturated rings. The molecule has 0 saturated carbocycles. The molecule has 1 aromatic heterocycles. The van der Waals surface area contributed by atoms with E-state index in [1.807, 2.05) is 13.0 Å². The number of hydrazine groups is 1. The van der Waals surface area contributed by atoms with Gasteiger partial charge in [-0.2, -0.15) is 5.26 Å². The third-order valence-corrected chi connectivity index (χ3v) is 3.76. The molecule has 1 saturated heterocycles. The van der Waals surface area contributed by atoms with Crippen molar-refractivity contribution < 1.29 is 9.59 Å². The minimum absolute atomic E-state index is 0.157. The Morgan fingerprint density at radius 2 is 2.08 bits per heavy atom. The second-order valence-electron chi connectivity index (χ2n) is 5.90. The van der Waals surface area contributed by atoms with Crippen LogP contribution in [0, 0.1) is 11.3 Å². The van der Waals surface area contributed by atoms with Crippen molar-refractivity contribution in [2.45, 2.75) is 38.6 Å². The molecule has 1 aliphatic rings. The summed E-state index contributed by atoms with van der Waals surface area (Å²) in [6.45, 7) is 4.50. The van der Waals surface area contributed by atoms with Crippen molar-refractivity contribution in [3.05, 3.63) is 18.1 Å². The summed E-state index contributed by atoms with van der Waals surface area (Å²) >= 11 is 0. The van der Waals surface area contributed by atoms with Gasteiger partial charge in [0.25, 0.3) is 5.91 Å². The summed E-state index contributed by atoms with van der Waals surface area (Å²) in [5.74, 6) is -0.0646. The van der Waals surface area contributed by atoms with E-state index in [1.54, 1.807) is 6.92 Å². The zero-order chi connectivity index (χ0) is 17.7. The lowest BCUT2D eigenvalue weighted by Gasteiger charge is -2.34. The van der Waals surface area contributed by atoms with Gasteiger partial charge in [-0.3, -0.25) is 10.1 Å². The number of carbonyl (C=O) groups is 2. The van der Waals surface area contributed by atoms with E-state index in [0.717, 1.165) is 6.42 Å². The largest absolute Gasteiger partial charge is 0.341 e. The number of nitrogens with two attached hydrogens (primary N) is 1. The third-order valence-electron chi connectivity index (χ3n) is 3.76. The highest BCUT2D eigenvalue weighted by Crippen LogP contribution is 2.19. The van der Waals surface area contributed by atoms with Gasteiger partial charge in [0.1, 0.15) is 6.07 Å². The number of amides is 3. The Bertz CT molecular complexity index is 651. The molecule has 0 radical (unpaired) electrons. The molecule has 1 unspecified atom stereocenters. The topological polar surface area (TPSA) is 128 Å². The molecule has 0 aliphatic carbocycles. The fourth-order valence-corrected chi connectivity index (χ4v) is 2.58. The maximum Gasteiger partial charge on any atom is 0.341 e. The van der Waals surface area contributed by atoms with Crippen LogP contribution in [0.5, 0.6) is 0 Å². The number of aromatic nitrogens is 2. The maximum atomic E-state index is 12.6. The van der Waals surface area contributed by atoms with Gasteiger partial charge in [0.15, 0.2) is 11.5 Å². The summed E-state index contributed by atoms with van der Waals surface area (Å²) in [4.78, 5) is 32.8. The van der Waals surface area contributed by atoms with Crippen molar-refractivity contribution in [1.82, 2.24) is 20.0 Å². The van der Waals surface area contributed by atoms with Crippen LogP contribution in [0.25, 0.3) is 0 Å². The van der Waals surface area contributed by atoms with Gasteiger partial charge < -0.3 is 5.73 Å². The summed E-state index contributed by atoms with van der Waals surface area (Å²) in [6.07, 6.45) is 4.56. The molecule has 1 aliphatic heterocycles. The van der Waals surface area contributed by atoms with Gasteiger partial charge in [0, 0.05) is 13.1 Å². The lowest BCUT2D eigenvalue weighted by Crippen LogP contribution is -2.58. The molecule has 3 amide bonds. The Hall–Kier alpha value is -2.73. The predicted molar refractivity (Wildman–Crippen MR) is 86.3 cm³/mol. The van der Waals surface area contributed by atoms with Crippen LogP contribution in [0.1, 0.15) is 38.8 Å². The second kappa shape index (κ2) is 7.23. The Kier molecular flexibility index (Phi) is 5.31. The first-order valence-electron chi connectivity index (χ1n) is 7.80. The van der Waals surface area contributed by atoms with E-state index in [-0.39, 0.29) is 17.4 Å². The molecule has 9 nitrogen and oxygen atoms in total. The maximum absolute atomic E-state index is 12.6. The van der Waals surface area contributed by atoms with Crippen molar-refractivity contribution in [1.29, 1.82) is 5.26 Å². The Labute approximate surface area is 140 Å². The van der Waals surface area contributed by atoms with Gasteiger partial charge in [-0.1, -0.05) is 13.3 Å². The van der Waals surface area contributed by atoms with Crippen LogP contribution in [0.3, 0.4) is 0 Å². The number of rotatable bonds is 4. The van der Waals surface area contributed by atoms with Crippen LogP contribution in [0.4, 0.5) is 10.6 Å². The quantitative estimate of drug-likeness (QED) is 0.841. The summed E-state index contributed by atoms with van der Waals surface area (Å²) in [6, 6.07) is 1.37. The number of hydrogen-bond donors (Lipinski definition) is 2. The van der Waals surface area contributed by atoms with Crippen LogP contribution >= 0.6 is 0 Å². The minimum atomic E-state index is -1.01. The molecule has 2 rings (SSSR count). The number of carbonyl (C=O) groups excluding carboxylic acids is 2. The average molecular weight is 331 g/mol. The van der Waals surface area contributed by atoms with Gasteiger partial charge in [-0.25, -0.2) is 24.8 Å². The van der Waals surface area contributed by atoms with Crippen molar-refractivity contribution in [3.63, 3.8) is 0 Å². The zero-order valence-corrected chi connectivity index (χ0v) is 13.8. The van der Waals surface area contributed by atoms with Gasteiger partial charge in [-0.05, 0) is 19.8 Å². The van der Waals surface area contributed by atoms with Gasteiger partial charge >= 0.3 is 6.03 Å². The number of urea groups is 1. The van der Waals surface area contributed by atoms with E-state index < -0.39 is 11.6 Å². The molecule has 9 heteroatoms. The first kappa shape index (κ1) is 17.6. The molecule has 24 heavy (non-hydrogen) atoms. The standard InChI is InChI=1S/C15H21N7O2/c1-3-5-15(2,17)13(23)21-6-4-7-22(21)14(24)20-12-10-18-11(8-16)9-19-12/h9-10H,3-7,17H2,1-2H3,(H,19,20,24). The Morgan fingerprint density at radius 3 is 2.67 bits per heavy atom. The first-order chi connectivity index (χ1) is 11.4. The van der Waals surface area contributed by atoms with Crippen LogP contribution in [0.15, 0.2) is 12.4 Å². The van der Waals surface area contributed by atoms with Crippen LogP contribution in [-0.4, -0.2) is 50.6 Å². The SMILES string of the molecule is CCCC(C)(N)C(=O)N1CCCN1C(=O)Nc1cnc(C#N)cn1. The lowest BCUT2D eigenvalue weighted by molar-refractivity contribution is -0.145. The van der Waals surface area contributed by atoms with Gasteiger partial charge in [0.05, 0.1) is 17.9 Å². The molecule has 0 aromatic carbocycles. The predicted octanol–water partition coefficient (Wildman–Crippen LogP) is 0.847. The molecular formula is C15H21N7O2. The van der Waals surface area contributed by atoms with Crippen LogP contribution < -0.4 is 11.1 Å². The highest BCUT2D eigenvalue weighted by molar-refractivity contribution is 5.92. The third kappa shape index (κ3) is 3.78. The highest BCUT2D eigenvalue weighted by Gasteiger charge is 2.39. The normalized spacial score (nSPS) is 16.4.